The first-order valence-corrected chi connectivity index (χ1v) is 14.6. The molecule has 1 N–H and O–H groups in total. The molecule has 208 valence electrons. The molecule has 3 heterocycles. The number of hydrogen-bond donors (Lipinski definition) is 1. The number of aromatic nitrogens is 2. The molecule has 9 nitrogen and oxygen atoms in total. The van der Waals surface area contributed by atoms with Gasteiger partial charge in [-0.05, 0) is 69.3 Å². The number of carbonyl (C=O) groups is 1. The summed E-state index contributed by atoms with van der Waals surface area (Å²) in [5.41, 5.74) is 3.80. The van der Waals surface area contributed by atoms with Crippen molar-refractivity contribution in [1.82, 2.24) is 24.1 Å². The monoisotopic (exact) mass is 541 g/mol. The van der Waals surface area contributed by atoms with Gasteiger partial charge >= 0.3 is 0 Å². The maximum absolute atomic E-state index is 13.4. The average Bonchev–Trinajstić information content (AvgIpc) is 2.91. The molecule has 1 aromatic carbocycles. The predicted molar refractivity (Wildman–Crippen MR) is 149 cm³/mol. The highest BCUT2D eigenvalue weighted by Gasteiger charge is 2.32. The third-order valence-electron chi connectivity index (χ3n) is 8.08. The molecule has 1 atom stereocenters. The SMILES string of the molecule is Cc1c(NCc2ccc(C(C)(C)C)cc2)ncnc1C(=O)N1CCC(N2CCC(N(C)S(=O)[O-])CC2)CC1. The minimum Gasteiger partial charge on any atom is -0.760 e. The van der Waals surface area contributed by atoms with Crippen LogP contribution in [0.25, 0.3) is 0 Å². The quantitative estimate of drug-likeness (QED) is 0.535. The zero-order valence-corrected chi connectivity index (χ0v) is 24.1. The number of amides is 1. The molecule has 2 fully saturated rings. The van der Waals surface area contributed by atoms with Crippen LogP contribution in [0.2, 0.25) is 0 Å². The Morgan fingerprint density at radius 1 is 1.08 bits per heavy atom. The Balaban J connectivity index is 1.30. The smallest absolute Gasteiger partial charge is 0.272 e. The van der Waals surface area contributed by atoms with Crippen molar-refractivity contribution in [3.8, 4) is 0 Å². The van der Waals surface area contributed by atoms with Crippen molar-refractivity contribution in [1.29, 1.82) is 0 Å². The van der Waals surface area contributed by atoms with Crippen molar-refractivity contribution < 1.29 is 13.6 Å². The second-order valence-electron chi connectivity index (χ2n) is 11.6. The first-order valence-electron chi connectivity index (χ1n) is 13.5. The third kappa shape index (κ3) is 6.77. The van der Waals surface area contributed by atoms with Gasteiger partial charge in [0, 0.05) is 48.5 Å². The first kappa shape index (κ1) is 28.6. The van der Waals surface area contributed by atoms with Gasteiger partial charge in [0.15, 0.2) is 0 Å². The number of hydrogen-bond acceptors (Lipinski definition) is 7. The summed E-state index contributed by atoms with van der Waals surface area (Å²) in [5.74, 6) is 0.643. The standard InChI is InChI=1S/C28H42N6O3S/c1-20-25(30-19-31-26(20)29-18-21-6-8-22(9-7-21)28(2,3)4)27(35)34-16-12-24(13-17-34)33-14-10-23(11-15-33)32(5)38(36)37/h6-9,19,23-24H,10-18H2,1-5H3,(H,36,37)(H,29,30,31)/p-1. The molecule has 4 rings (SSSR count). The Labute approximate surface area is 229 Å². The van der Waals surface area contributed by atoms with Gasteiger partial charge in [-0.15, -0.1) is 0 Å². The fraction of sp³-hybridized carbons (Fsp3) is 0.607. The Kier molecular flexibility index (Phi) is 9.18. The normalized spacial score (nSPS) is 19.1. The number of anilines is 1. The Hall–Kier alpha value is -2.40. The number of rotatable bonds is 7. The summed E-state index contributed by atoms with van der Waals surface area (Å²) in [6.45, 7) is 12.3. The maximum atomic E-state index is 13.4. The number of piperidine rings is 2. The van der Waals surface area contributed by atoms with Crippen molar-refractivity contribution in [3.05, 3.63) is 53.0 Å². The van der Waals surface area contributed by atoms with E-state index in [0.29, 0.717) is 37.2 Å². The summed E-state index contributed by atoms with van der Waals surface area (Å²) in [7, 11) is 1.65. The molecule has 0 radical (unpaired) electrons. The van der Waals surface area contributed by atoms with Crippen LogP contribution in [0.1, 0.15) is 73.6 Å². The van der Waals surface area contributed by atoms with Gasteiger partial charge in [-0.3, -0.25) is 9.00 Å². The molecule has 0 saturated carbocycles. The zero-order chi connectivity index (χ0) is 27.4. The Bertz CT molecular complexity index is 1120. The van der Waals surface area contributed by atoms with E-state index < -0.39 is 11.3 Å². The highest BCUT2D eigenvalue weighted by Crippen LogP contribution is 2.26. The molecule has 10 heteroatoms. The molecule has 1 aromatic heterocycles. The minimum absolute atomic E-state index is 0.0424. The van der Waals surface area contributed by atoms with Crippen molar-refractivity contribution in [3.63, 3.8) is 0 Å². The lowest BCUT2D eigenvalue weighted by atomic mass is 9.87. The van der Waals surface area contributed by atoms with E-state index in [2.05, 4.69) is 65.2 Å². The van der Waals surface area contributed by atoms with E-state index in [-0.39, 0.29) is 17.4 Å². The van der Waals surface area contributed by atoms with E-state index in [4.69, 9.17) is 0 Å². The van der Waals surface area contributed by atoms with E-state index in [1.54, 1.807) is 7.05 Å². The summed E-state index contributed by atoms with van der Waals surface area (Å²) >= 11 is -2.17. The van der Waals surface area contributed by atoms with Gasteiger partial charge in [-0.2, -0.15) is 0 Å². The lowest BCUT2D eigenvalue weighted by molar-refractivity contribution is 0.0541. The average molecular weight is 542 g/mol. The van der Waals surface area contributed by atoms with Gasteiger partial charge in [0.05, 0.1) is 0 Å². The molecule has 0 spiro atoms. The van der Waals surface area contributed by atoms with Crippen LogP contribution in [0.4, 0.5) is 5.82 Å². The number of nitrogens with zero attached hydrogens (tertiary/aromatic N) is 5. The highest BCUT2D eigenvalue weighted by molar-refractivity contribution is 7.76. The van der Waals surface area contributed by atoms with Crippen molar-refractivity contribution >= 4 is 23.0 Å². The molecule has 0 bridgehead atoms. The molecular formula is C28H41N6O3S-. The fourth-order valence-electron chi connectivity index (χ4n) is 5.47. The number of carbonyl (C=O) groups excluding carboxylic acids is 1. The van der Waals surface area contributed by atoms with Gasteiger partial charge < -0.3 is 19.7 Å². The van der Waals surface area contributed by atoms with Crippen LogP contribution in [0.5, 0.6) is 0 Å². The molecule has 2 aliphatic rings. The second kappa shape index (κ2) is 12.2. The third-order valence-corrected chi connectivity index (χ3v) is 8.85. The summed E-state index contributed by atoms with van der Waals surface area (Å²) in [5, 5.41) is 3.38. The molecular weight excluding hydrogens is 500 g/mol. The van der Waals surface area contributed by atoms with Gasteiger partial charge in [0.1, 0.15) is 17.8 Å². The van der Waals surface area contributed by atoms with E-state index in [1.807, 2.05) is 11.8 Å². The van der Waals surface area contributed by atoms with Crippen LogP contribution in [-0.4, -0.2) is 84.1 Å². The second-order valence-corrected chi connectivity index (χ2v) is 12.6. The molecule has 1 unspecified atom stereocenters. The van der Waals surface area contributed by atoms with Gasteiger partial charge in [-0.25, -0.2) is 14.3 Å². The van der Waals surface area contributed by atoms with Crippen molar-refractivity contribution in [2.45, 2.75) is 77.4 Å². The van der Waals surface area contributed by atoms with Crippen molar-refractivity contribution in [2.75, 3.05) is 38.5 Å². The largest absolute Gasteiger partial charge is 0.760 e. The fourth-order valence-corrected chi connectivity index (χ4v) is 5.93. The molecule has 2 aliphatic heterocycles. The van der Waals surface area contributed by atoms with E-state index >= 15 is 0 Å². The number of likely N-dealkylation sites (tertiary alicyclic amines) is 2. The minimum atomic E-state index is -2.17. The lowest BCUT2D eigenvalue weighted by Gasteiger charge is -2.43. The van der Waals surface area contributed by atoms with Gasteiger partial charge in [0.2, 0.25) is 0 Å². The van der Waals surface area contributed by atoms with Crippen molar-refractivity contribution in [2.24, 2.45) is 0 Å². The van der Waals surface area contributed by atoms with E-state index in [9.17, 15) is 13.6 Å². The number of benzene rings is 1. The maximum Gasteiger partial charge on any atom is 0.272 e. The summed E-state index contributed by atoms with van der Waals surface area (Å²) in [6, 6.07) is 9.10. The topological polar surface area (TPSA) is 105 Å². The highest BCUT2D eigenvalue weighted by atomic mass is 32.2. The molecule has 38 heavy (non-hydrogen) atoms. The molecule has 0 aliphatic carbocycles. The first-order chi connectivity index (χ1) is 18.0. The lowest BCUT2D eigenvalue weighted by Crippen LogP contribution is -2.51. The predicted octanol–water partition coefficient (Wildman–Crippen LogP) is 3.49. The Morgan fingerprint density at radius 3 is 2.29 bits per heavy atom. The van der Waals surface area contributed by atoms with Crippen LogP contribution in [0.15, 0.2) is 30.6 Å². The van der Waals surface area contributed by atoms with E-state index in [0.717, 1.165) is 49.9 Å². The molecule has 2 aromatic rings. The summed E-state index contributed by atoms with van der Waals surface area (Å²) in [4.78, 5) is 26.5. The van der Waals surface area contributed by atoms with Crippen LogP contribution in [0.3, 0.4) is 0 Å². The molecule has 1 amide bonds. The van der Waals surface area contributed by atoms with Crippen LogP contribution in [-0.2, 0) is 23.2 Å². The summed E-state index contributed by atoms with van der Waals surface area (Å²) < 4.78 is 23.9. The van der Waals surface area contributed by atoms with Crippen LogP contribution >= 0.6 is 0 Å². The van der Waals surface area contributed by atoms with Crippen LogP contribution < -0.4 is 5.32 Å². The van der Waals surface area contributed by atoms with Crippen LogP contribution in [0, 0.1) is 6.92 Å². The number of nitrogens with one attached hydrogen (secondary N) is 1. The summed E-state index contributed by atoms with van der Waals surface area (Å²) in [6.07, 6.45) is 4.99. The van der Waals surface area contributed by atoms with Gasteiger partial charge in [-0.1, -0.05) is 45.0 Å². The Morgan fingerprint density at radius 2 is 1.71 bits per heavy atom. The molecule has 2 saturated heterocycles. The van der Waals surface area contributed by atoms with Gasteiger partial charge in [0.25, 0.3) is 5.91 Å². The zero-order valence-electron chi connectivity index (χ0n) is 23.3. The van der Waals surface area contributed by atoms with E-state index in [1.165, 1.54) is 16.2 Å².